The zero-order chi connectivity index (χ0) is 27.8. The molecule has 3 N–H and O–H groups in total. The molecule has 9 nitrogen and oxygen atoms in total. The fourth-order valence-electron chi connectivity index (χ4n) is 6.57. The fourth-order valence-corrected chi connectivity index (χ4v) is 6.98. The number of piperidine rings is 1. The number of ketones is 1. The minimum atomic E-state index is -4.28. The van der Waals surface area contributed by atoms with Gasteiger partial charge >= 0.3 is 6.18 Å². The van der Waals surface area contributed by atoms with Gasteiger partial charge in [0.25, 0.3) is 0 Å². The normalized spacial score (nSPS) is 37.6. The number of carbonyl (C=O) groups is 3. The summed E-state index contributed by atoms with van der Waals surface area (Å²) in [7, 11) is 0. The van der Waals surface area contributed by atoms with E-state index in [-0.39, 0.29) is 61.7 Å². The molecule has 0 bridgehead atoms. The highest BCUT2D eigenvalue weighted by molar-refractivity contribution is 6.21. The highest BCUT2D eigenvalue weighted by Gasteiger charge is 2.52. The maximum atomic E-state index is 13.8. The summed E-state index contributed by atoms with van der Waals surface area (Å²) in [5.41, 5.74) is 0. The van der Waals surface area contributed by atoms with Crippen molar-refractivity contribution in [3.8, 4) is 0 Å². The second-order valence-electron chi connectivity index (χ2n) is 11.2. The minimum Gasteiger partial charge on any atom is -0.351 e. The smallest absolute Gasteiger partial charge is 0.351 e. The van der Waals surface area contributed by atoms with Crippen molar-refractivity contribution in [3.63, 3.8) is 0 Å². The van der Waals surface area contributed by atoms with E-state index in [0.29, 0.717) is 39.1 Å². The molecular formula is C25H40ClF3N6O3. The Morgan fingerprint density at radius 1 is 1.16 bits per heavy atom. The fraction of sp³-hybridized carbons (Fsp3) is 0.880. The van der Waals surface area contributed by atoms with Crippen LogP contribution in [0.3, 0.4) is 0 Å². The zero-order valence-corrected chi connectivity index (χ0v) is 23.0. The number of carbonyl (C=O) groups excluding carboxylic acids is 3. The van der Waals surface area contributed by atoms with Crippen molar-refractivity contribution in [3.05, 3.63) is 0 Å². The van der Waals surface area contributed by atoms with Gasteiger partial charge in [-0.25, -0.2) is 0 Å². The maximum Gasteiger partial charge on any atom is 0.391 e. The van der Waals surface area contributed by atoms with Gasteiger partial charge in [-0.3, -0.25) is 29.5 Å². The lowest BCUT2D eigenvalue weighted by molar-refractivity contribution is -0.182. The van der Waals surface area contributed by atoms with Gasteiger partial charge in [-0.2, -0.15) is 13.2 Å². The number of hydrogen-bond acceptors (Lipinski definition) is 7. The molecule has 3 aliphatic heterocycles. The molecule has 13 heteroatoms. The van der Waals surface area contributed by atoms with E-state index in [9.17, 15) is 27.6 Å². The van der Waals surface area contributed by atoms with Crippen LogP contribution in [0.25, 0.3) is 0 Å². The van der Waals surface area contributed by atoms with Crippen molar-refractivity contribution >= 4 is 29.2 Å². The number of alkyl halides is 4. The van der Waals surface area contributed by atoms with E-state index in [0.717, 1.165) is 0 Å². The highest BCUT2D eigenvalue weighted by atomic mass is 35.5. The van der Waals surface area contributed by atoms with Crippen LogP contribution >= 0.6 is 11.6 Å². The SMILES string of the molecule is CCC1C(N2CCN(C(C)=O)CC2)C(=O)C2NCC(C)NC2N1CC(=O)NC1CCC(C(F)(F)F)CC1Cl. The van der Waals surface area contributed by atoms with Crippen LogP contribution in [-0.4, -0.2) is 119 Å². The standard InChI is InChI=1S/C25H40ClF3N6O3/c1-4-19-22(34-9-7-33(8-10-34)15(3)36)23(38)21-24(31-14(2)12-30-21)35(19)13-20(37)32-18-6-5-16(11-17(18)26)25(27,28)29/h14,16-19,21-22,24,30-31H,4-13H2,1-3H3,(H,32,37). The van der Waals surface area contributed by atoms with Crippen LogP contribution in [0, 0.1) is 5.92 Å². The van der Waals surface area contributed by atoms with E-state index < -0.39 is 35.6 Å². The topological polar surface area (TPSA) is 97.0 Å². The van der Waals surface area contributed by atoms with Crippen LogP contribution < -0.4 is 16.0 Å². The van der Waals surface area contributed by atoms with Crippen molar-refractivity contribution in [2.75, 3.05) is 39.3 Å². The molecule has 2 amide bonds. The number of hydrogen-bond donors (Lipinski definition) is 3. The number of rotatable bonds is 5. The number of likely N-dealkylation sites (tertiary alicyclic amines) is 1. The van der Waals surface area contributed by atoms with Crippen LogP contribution in [0.1, 0.15) is 46.5 Å². The molecule has 8 atom stereocenters. The first kappa shape index (κ1) is 29.5. The van der Waals surface area contributed by atoms with Crippen molar-refractivity contribution in [2.45, 2.75) is 94.4 Å². The zero-order valence-electron chi connectivity index (χ0n) is 22.3. The van der Waals surface area contributed by atoms with Gasteiger partial charge in [0, 0.05) is 57.8 Å². The number of amides is 2. The summed E-state index contributed by atoms with van der Waals surface area (Å²) in [5.74, 6) is -1.66. The van der Waals surface area contributed by atoms with E-state index in [1.807, 2.05) is 18.7 Å². The van der Waals surface area contributed by atoms with E-state index in [1.165, 1.54) is 0 Å². The van der Waals surface area contributed by atoms with Crippen molar-refractivity contribution < 1.29 is 27.6 Å². The van der Waals surface area contributed by atoms with Gasteiger partial charge < -0.3 is 15.5 Å². The van der Waals surface area contributed by atoms with E-state index in [2.05, 4.69) is 20.9 Å². The third-order valence-corrected chi connectivity index (χ3v) is 9.12. The quantitative estimate of drug-likeness (QED) is 0.427. The molecule has 38 heavy (non-hydrogen) atoms. The van der Waals surface area contributed by atoms with Gasteiger partial charge in [-0.1, -0.05) is 6.92 Å². The molecule has 4 fully saturated rings. The lowest BCUT2D eigenvalue weighted by Gasteiger charge is -2.55. The number of piperazine rings is 2. The molecule has 0 spiro atoms. The number of halogens is 4. The monoisotopic (exact) mass is 564 g/mol. The lowest BCUT2D eigenvalue weighted by Crippen LogP contribution is -2.79. The summed E-state index contributed by atoms with van der Waals surface area (Å²) >= 11 is 6.30. The summed E-state index contributed by atoms with van der Waals surface area (Å²) in [6.07, 6.45) is -4.14. The maximum absolute atomic E-state index is 13.8. The van der Waals surface area contributed by atoms with Crippen molar-refractivity contribution in [1.82, 2.24) is 30.7 Å². The van der Waals surface area contributed by atoms with Crippen LogP contribution in [0.5, 0.6) is 0 Å². The molecule has 0 aromatic heterocycles. The second kappa shape index (κ2) is 12.0. The molecule has 8 unspecified atom stereocenters. The number of Topliss-reactive ketones (excluding diaryl/α,β-unsaturated/α-hetero) is 1. The third-order valence-electron chi connectivity index (χ3n) is 8.64. The van der Waals surface area contributed by atoms with Gasteiger partial charge in [-0.05, 0) is 32.6 Å². The molecule has 0 aromatic carbocycles. The summed E-state index contributed by atoms with van der Waals surface area (Å²) < 4.78 is 39.5. The Morgan fingerprint density at radius 2 is 1.84 bits per heavy atom. The molecule has 3 heterocycles. The number of nitrogens with one attached hydrogen (secondary N) is 3. The van der Waals surface area contributed by atoms with Gasteiger partial charge in [-0.15, -0.1) is 11.6 Å². The van der Waals surface area contributed by atoms with Crippen LogP contribution in [0.15, 0.2) is 0 Å². The van der Waals surface area contributed by atoms with E-state index >= 15 is 0 Å². The van der Waals surface area contributed by atoms with Crippen LogP contribution in [0.2, 0.25) is 0 Å². The van der Waals surface area contributed by atoms with Crippen LogP contribution in [-0.2, 0) is 14.4 Å². The number of fused-ring (bicyclic) bond motifs is 1. The largest absolute Gasteiger partial charge is 0.391 e. The van der Waals surface area contributed by atoms with Gasteiger partial charge in [0.2, 0.25) is 11.8 Å². The summed E-state index contributed by atoms with van der Waals surface area (Å²) in [6.45, 7) is 8.41. The Labute approximate surface area is 227 Å². The predicted octanol–water partition coefficient (Wildman–Crippen LogP) is 0.913. The molecule has 1 saturated carbocycles. The first-order valence-electron chi connectivity index (χ1n) is 13.7. The average Bonchev–Trinajstić information content (AvgIpc) is 2.86. The molecule has 4 rings (SSSR count). The Bertz CT molecular complexity index is 887. The molecule has 0 aromatic rings. The Morgan fingerprint density at radius 3 is 2.42 bits per heavy atom. The van der Waals surface area contributed by atoms with E-state index in [4.69, 9.17) is 11.6 Å². The molecule has 0 radical (unpaired) electrons. The summed E-state index contributed by atoms with van der Waals surface area (Å²) in [4.78, 5) is 44.8. The molecule has 3 saturated heterocycles. The van der Waals surface area contributed by atoms with Gasteiger partial charge in [0.05, 0.1) is 36.1 Å². The minimum absolute atomic E-state index is 0.00106. The average molecular weight is 565 g/mol. The lowest BCUT2D eigenvalue weighted by atomic mass is 9.84. The van der Waals surface area contributed by atoms with Gasteiger partial charge in [0.15, 0.2) is 5.78 Å². The molecule has 216 valence electrons. The van der Waals surface area contributed by atoms with Gasteiger partial charge in [0.1, 0.15) is 0 Å². The predicted molar refractivity (Wildman–Crippen MR) is 137 cm³/mol. The second-order valence-corrected chi connectivity index (χ2v) is 11.7. The van der Waals surface area contributed by atoms with Crippen molar-refractivity contribution in [1.29, 1.82) is 0 Å². The summed E-state index contributed by atoms with van der Waals surface area (Å²) in [6, 6.07) is -1.62. The first-order valence-corrected chi connectivity index (χ1v) is 14.1. The molecule has 1 aliphatic carbocycles. The Hall–Kier alpha value is -1.47. The Balaban J connectivity index is 1.48. The van der Waals surface area contributed by atoms with E-state index in [1.54, 1.807) is 11.8 Å². The Kier molecular flexibility index (Phi) is 9.28. The highest BCUT2D eigenvalue weighted by Crippen LogP contribution is 2.39. The first-order chi connectivity index (χ1) is 17.9. The molecule has 4 aliphatic rings. The number of nitrogens with zero attached hydrogens (tertiary/aromatic N) is 3. The van der Waals surface area contributed by atoms with Crippen LogP contribution in [0.4, 0.5) is 13.2 Å². The molecular weight excluding hydrogens is 525 g/mol. The van der Waals surface area contributed by atoms with Crippen molar-refractivity contribution in [2.24, 2.45) is 5.92 Å². The summed E-state index contributed by atoms with van der Waals surface area (Å²) in [5, 5.41) is 8.95. The third kappa shape index (κ3) is 6.29.